The number of benzene rings is 1. The molecule has 8 heteroatoms. The monoisotopic (exact) mass is 395 g/mol. The van der Waals surface area contributed by atoms with Crippen molar-refractivity contribution in [2.45, 2.75) is 20.3 Å². The number of nitrogens with one attached hydrogen (secondary N) is 2. The Labute approximate surface area is 164 Å². The van der Waals surface area contributed by atoms with Crippen LogP contribution in [0, 0.1) is 6.92 Å². The molecule has 6 nitrogen and oxygen atoms in total. The number of rotatable bonds is 5. The van der Waals surface area contributed by atoms with Gasteiger partial charge in [-0.2, -0.15) is 4.37 Å². The molecule has 3 heterocycles. The molecule has 1 aromatic carbocycles. The van der Waals surface area contributed by atoms with Crippen molar-refractivity contribution in [1.82, 2.24) is 14.3 Å². The predicted molar refractivity (Wildman–Crippen MR) is 111 cm³/mol. The summed E-state index contributed by atoms with van der Waals surface area (Å²) in [5.74, 6) is 0.503. The summed E-state index contributed by atoms with van der Waals surface area (Å²) in [5, 5.41) is 8.94. The molecule has 1 amide bonds. The minimum atomic E-state index is -0.180. The first-order chi connectivity index (χ1) is 13.2. The van der Waals surface area contributed by atoms with E-state index in [1.54, 1.807) is 11.3 Å². The van der Waals surface area contributed by atoms with Gasteiger partial charge in [0.05, 0.1) is 21.5 Å². The van der Waals surface area contributed by atoms with Gasteiger partial charge >= 0.3 is 0 Å². The molecule has 0 unspecified atom stereocenters. The van der Waals surface area contributed by atoms with E-state index in [-0.39, 0.29) is 5.91 Å². The van der Waals surface area contributed by atoms with Crippen LogP contribution >= 0.6 is 22.9 Å². The van der Waals surface area contributed by atoms with Crippen LogP contribution in [-0.4, -0.2) is 20.2 Å². The highest BCUT2D eigenvalue weighted by molar-refractivity contribution is 7.17. The van der Waals surface area contributed by atoms with Gasteiger partial charge in [-0.1, -0.05) is 25.1 Å². The van der Waals surface area contributed by atoms with Crippen molar-refractivity contribution in [1.29, 1.82) is 0 Å². The Kier molecular flexibility index (Phi) is 4.83. The maximum atomic E-state index is 13.0. The van der Waals surface area contributed by atoms with Gasteiger partial charge in [-0.3, -0.25) is 4.79 Å². The largest absolute Gasteiger partial charge is 0.329 e. The zero-order valence-corrected chi connectivity index (χ0v) is 16.4. The van der Waals surface area contributed by atoms with Crippen molar-refractivity contribution in [3.63, 3.8) is 0 Å². The second kappa shape index (κ2) is 7.42. The lowest BCUT2D eigenvalue weighted by molar-refractivity contribution is 0.102. The topological polar surface area (TPSA) is 79.8 Å². The lowest BCUT2D eigenvalue weighted by Gasteiger charge is -2.11. The molecule has 0 aliphatic heterocycles. The van der Waals surface area contributed by atoms with Crippen LogP contribution in [0.3, 0.4) is 0 Å². The van der Waals surface area contributed by atoms with Crippen molar-refractivity contribution in [3.8, 4) is 0 Å². The molecule has 0 saturated carbocycles. The first-order valence-corrected chi connectivity index (χ1v) is 10.1. The highest BCUT2D eigenvalue weighted by atomic mass is 32.1. The molecular formula is C19H17N5OS2. The van der Waals surface area contributed by atoms with Gasteiger partial charge in [-0.05, 0) is 48.0 Å². The number of hydrogen-bond acceptors (Lipinski definition) is 7. The first-order valence-electron chi connectivity index (χ1n) is 8.48. The SMILES string of the molecule is CCc1ccccc1NC(=O)c1c(C)nsc1Nc1ncnc2ccsc12. The summed E-state index contributed by atoms with van der Waals surface area (Å²) in [6.45, 7) is 3.90. The van der Waals surface area contributed by atoms with Crippen LogP contribution in [0.25, 0.3) is 10.2 Å². The van der Waals surface area contributed by atoms with Gasteiger partial charge in [0.1, 0.15) is 11.3 Å². The summed E-state index contributed by atoms with van der Waals surface area (Å²) in [5.41, 5.74) is 4.02. The van der Waals surface area contributed by atoms with Crippen LogP contribution in [0.1, 0.15) is 28.5 Å². The number of anilines is 3. The molecule has 136 valence electrons. The number of hydrogen-bond donors (Lipinski definition) is 2. The fourth-order valence-electron chi connectivity index (χ4n) is 2.84. The number of para-hydroxylation sites is 1. The number of amides is 1. The Bertz CT molecular complexity index is 1120. The molecule has 0 saturated heterocycles. The van der Waals surface area contributed by atoms with E-state index in [1.807, 2.05) is 42.6 Å². The van der Waals surface area contributed by atoms with Gasteiger partial charge < -0.3 is 10.6 Å². The summed E-state index contributed by atoms with van der Waals surface area (Å²) < 4.78 is 5.31. The zero-order chi connectivity index (χ0) is 18.8. The van der Waals surface area contributed by atoms with Crippen LogP contribution < -0.4 is 10.6 Å². The molecule has 0 aliphatic rings. The van der Waals surface area contributed by atoms with E-state index >= 15 is 0 Å². The smallest absolute Gasteiger partial charge is 0.260 e. The van der Waals surface area contributed by atoms with Gasteiger partial charge in [0.15, 0.2) is 5.82 Å². The maximum absolute atomic E-state index is 13.0. The van der Waals surface area contributed by atoms with Crippen LogP contribution in [0.4, 0.5) is 16.5 Å². The van der Waals surface area contributed by atoms with E-state index in [2.05, 4.69) is 31.9 Å². The Morgan fingerprint density at radius 1 is 1.19 bits per heavy atom. The average molecular weight is 396 g/mol. The predicted octanol–water partition coefficient (Wildman–Crippen LogP) is 5.01. The Balaban J connectivity index is 1.65. The molecule has 4 aromatic rings. The molecule has 0 atom stereocenters. The third kappa shape index (κ3) is 3.41. The van der Waals surface area contributed by atoms with Gasteiger partial charge in [0.25, 0.3) is 5.91 Å². The maximum Gasteiger partial charge on any atom is 0.260 e. The molecular weight excluding hydrogens is 378 g/mol. The minimum absolute atomic E-state index is 0.180. The normalized spacial score (nSPS) is 10.9. The number of aryl methyl sites for hydroxylation is 2. The summed E-state index contributed by atoms with van der Waals surface area (Å²) in [6.07, 6.45) is 2.36. The number of thiophene rings is 1. The summed E-state index contributed by atoms with van der Waals surface area (Å²) in [7, 11) is 0. The lowest BCUT2D eigenvalue weighted by atomic mass is 10.1. The van der Waals surface area contributed by atoms with E-state index in [0.717, 1.165) is 27.9 Å². The molecule has 0 fully saturated rings. The molecule has 0 bridgehead atoms. The number of aromatic nitrogens is 3. The van der Waals surface area contributed by atoms with E-state index in [4.69, 9.17) is 0 Å². The van der Waals surface area contributed by atoms with Crippen LogP contribution in [0.2, 0.25) is 0 Å². The minimum Gasteiger partial charge on any atom is -0.329 e. The van der Waals surface area contributed by atoms with Crippen molar-refractivity contribution >= 4 is 55.5 Å². The Morgan fingerprint density at radius 2 is 2.04 bits per heavy atom. The fourth-order valence-corrected chi connectivity index (χ4v) is 4.43. The van der Waals surface area contributed by atoms with Gasteiger partial charge in [0.2, 0.25) is 0 Å². The number of nitrogens with zero attached hydrogens (tertiary/aromatic N) is 3. The number of carbonyl (C=O) groups is 1. The van der Waals surface area contributed by atoms with Crippen molar-refractivity contribution in [2.24, 2.45) is 0 Å². The first kappa shape index (κ1) is 17.6. The van der Waals surface area contributed by atoms with E-state index < -0.39 is 0 Å². The highest BCUT2D eigenvalue weighted by Crippen LogP contribution is 2.32. The Morgan fingerprint density at radius 3 is 2.89 bits per heavy atom. The highest BCUT2D eigenvalue weighted by Gasteiger charge is 2.20. The van der Waals surface area contributed by atoms with Crippen LogP contribution in [0.5, 0.6) is 0 Å². The summed E-state index contributed by atoms with van der Waals surface area (Å²) >= 11 is 2.81. The Hall–Kier alpha value is -2.84. The second-order valence-electron chi connectivity index (χ2n) is 5.92. The number of fused-ring (bicyclic) bond motifs is 1. The molecule has 2 N–H and O–H groups in total. The third-order valence-electron chi connectivity index (χ3n) is 4.21. The number of carbonyl (C=O) groups excluding carboxylic acids is 1. The molecule has 0 aliphatic carbocycles. The quantitative estimate of drug-likeness (QED) is 0.496. The molecule has 3 aromatic heterocycles. The molecule has 0 spiro atoms. The average Bonchev–Trinajstić information content (AvgIpc) is 3.29. The lowest BCUT2D eigenvalue weighted by Crippen LogP contribution is -2.15. The molecule has 4 rings (SSSR count). The molecule has 0 radical (unpaired) electrons. The van der Waals surface area contributed by atoms with E-state index in [9.17, 15) is 4.79 Å². The third-order valence-corrected chi connectivity index (χ3v) is 5.98. The van der Waals surface area contributed by atoms with E-state index in [1.165, 1.54) is 17.9 Å². The van der Waals surface area contributed by atoms with Crippen molar-refractivity contribution in [2.75, 3.05) is 10.6 Å². The summed E-state index contributed by atoms with van der Waals surface area (Å²) in [6, 6.07) is 9.77. The van der Waals surface area contributed by atoms with Gasteiger partial charge in [0, 0.05) is 5.69 Å². The molecule has 27 heavy (non-hydrogen) atoms. The van der Waals surface area contributed by atoms with E-state index in [0.29, 0.717) is 22.1 Å². The van der Waals surface area contributed by atoms with Gasteiger partial charge in [-0.15, -0.1) is 11.3 Å². The summed E-state index contributed by atoms with van der Waals surface area (Å²) in [4.78, 5) is 21.6. The zero-order valence-electron chi connectivity index (χ0n) is 14.8. The fraction of sp³-hybridized carbons (Fsp3) is 0.158. The van der Waals surface area contributed by atoms with Crippen molar-refractivity contribution < 1.29 is 4.79 Å². The second-order valence-corrected chi connectivity index (χ2v) is 7.61. The van der Waals surface area contributed by atoms with Crippen LogP contribution in [0.15, 0.2) is 42.0 Å². The van der Waals surface area contributed by atoms with Gasteiger partial charge in [-0.25, -0.2) is 9.97 Å². The standard InChI is InChI=1S/C19H17N5OS2/c1-3-12-6-4-5-7-13(12)22-18(25)15-11(2)24-27-19(15)23-17-16-14(8-9-26-16)20-10-21-17/h4-10H,3H2,1-2H3,(H,22,25)(H,20,21,23). The van der Waals surface area contributed by atoms with Crippen molar-refractivity contribution in [3.05, 3.63) is 58.9 Å². The van der Waals surface area contributed by atoms with Crippen LogP contribution in [-0.2, 0) is 6.42 Å².